The number of aryl methyl sites for hydroxylation is 2. The summed E-state index contributed by atoms with van der Waals surface area (Å²) >= 11 is 1.59. The molecule has 0 bridgehead atoms. The second-order valence-corrected chi connectivity index (χ2v) is 11.7. The number of thioether (sulfide) groups is 1. The van der Waals surface area contributed by atoms with Crippen molar-refractivity contribution in [1.29, 1.82) is 0 Å². The number of benzene rings is 2. The van der Waals surface area contributed by atoms with Gasteiger partial charge in [0.05, 0.1) is 0 Å². The van der Waals surface area contributed by atoms with Crippen LogP contribution in [0.4, 0.5) is 4.79 Å². The lowest BCUT2D eigenvalue weighted by atomic mass is 9.92. The summed E-state index contributed by atoms with van der Waals surface area (Å²) < 4.78 is 5.45. The van der Waals surface area contributed by atoms with Gasteiger partial charge in [0.15, 0.2) is 0 Å². The fourth-order valence-corrected chi connectivity index (χ4v) is 4.81. The van der Waals surface area contributed by atoms with Gasteiger partial charge in [0.1, 0.15) is 17.7 Å². The zero-order chi connectivity index (χ0) is 28.5. The topological polar surface area (TPSA) is 87.7 Å². The van der Waals surface area contributed by atoms with Gasteiger partial charge in [0.25, 0.3) is 0 Å². The van der Waals surface area contributed by atoms with Crippen LogP contribution in [0.25, 0.3) is 0 Å². The predicted molar refractivity (Wildman–Crippen MR) is 155 cm³/mol. The van der Waals surface area contributed by atoms with Crippen molar-refractivity contribution in [3.8, 4) is 0 Å². The molecular formula is C30H43N3O4S. The molecule has 0 fully saturated rings. The van der Waals surface area contributed by atoms with E-state index in [0.717, 1.165) is 22.3 Å². The average Bonchev–Trinajstić information content (AvgIpc) is 2.83. The van der Waals surface area contributed by atoms with Gasteiger partial charge in [-0.25, -0.2) is 4.79 Å². The minimum Gasteiger partial charge on any atom is -0.444 e. The molecule has 8 heteroatoms. The summed E-state index contributed by atoms with van der Waals surface area (Å²) in [7, 11) is 0. The summed E-state index contributed by atoms with van der Waals surface area (Å²) in [5.74, 6) is 0.0727. The number of hydrogen-bond donors (Lipinski definition) is 2. The number of carbonyl (C=O) groups is 3. The quantitative estimate of drug-likeness (QED) is 0.390. The summed E-state index contributed by atoms with van der Waals surface area (Å²) in [5.41, 5.74) is 2.90. The number of amides is 3. The van der Waals surface area contributed by atoms with Crippen LogP contribution in [0, 0.1) is 13.8 Å². The number of alkyl carbamates (subject to hydrolysis) is 1. The van der Waals surface area contributed by atoms with Gasteiger partial charge in [-0.05, 0) is 89.1 Å². The largest absolute Gasteiger partial charge is 0.444 e. The second-order valence-electron chi connectivity index (χ2n) is 10.7. The van der Waals surface area contributed by atoms with Gasteiger partial charge in [-0.3, -0.25) is 9.59 Å². The molecule has 0 aromatic heterocycles. The fourth-order valence-electron chi connectivity index (χ4n) is 4.34. The van der Waals surface area contributed by atoms with E-state index in [2.05, 4.69) is 10.6 Å². The maximum absolute atomic E-state index is 14.2. The van der Waals surface area contributed by atoms with Crippen molar-refractivity contribution in [2.45, 2.75) is 85.2 Å². The lowest BCUT2D eigenvalue weighted by Gasteiger charge is -2.38. The minimum absolute atomic E-state index is 0.269. The molecule has 0 heterocycles. The molecule has 3 amide bonds. The lowest BCUT2D eigenvalue weighted by Crippen LogP contribution is -2.55. The second kappa shape index (κ2) is 14.2. The zero-order valence-electron chi connectivity index (χ0n) is 24.0. The fraction of sp³-hybridized carbons (Fsp3) is 0.500. The third kappa shape index (κ3) is 9.08. The normalized spacial score (nSPS) is 13.0. The number of ether oxygens (including phenoxy) is 1. The van der Waals surface area contributed by atoms with Gasteiger partial charge in [-0.1, -0.05) is 48.5 Å². The van der Waals surface area contributed by atoms with Crippen molar-refractivity contribution in [3.63, 3.8) is 0 Å². The van der Waals surface area contributed by atoms with E-state index in [-0.39, 0.29) is 17.9 Å². The molecule has 2 N–H and O–H groups in total. The molecule has 0 saturated heterocycles. The van der Waals surface area contributed by atoms with Crippen molar-refractivity contribution in [3.05, 3.63) is 70.8 Å². The van der Waals surface area contributed by atoms with E-state index >= 15 is 0 Å². The first kappa shape index (κ1) is 31.2. The SMILES string of the molecule is CSCCC(NC(=O)OC(C)(C)C)C(=O)N(C(C)C)C(C(=O)NCc1ccccc1)c1c(C)cccc1C. The Labute approximate surface area is 232 Å². The van der Waals surface area contributed by atoms with Gasteiger partial charge in [-0.2, -0.15) is 11.8 Å². The summed E-state index contributed by atoms with van der Waals surface area (Å²) in [6.45, 7) is 13.4. The molecule has 38 heavy (non-hydrogen) atoms. The van der Waals surface area contributed by atoms with Gasteiger partial charge < -0.3 is 20.3 Å². The first-order chi connectivity index (χ1) is 17.9. The van der Waals surface area contributed by atoms with Crippen LogP contribution < -0.4 is 10.6 Å². The Morgan fingerprint density at radius 1 is 0.974 bits per heavy atom. The van der Waals surface area contributed by atoms with Gasteiger partial charge in [0, 0.05) is 12.6 Å². The number of carbonyl (C=O) groups excluding carboxylic acids is 3. The first-order valence-corrected chi connectivity index (χ1v) is 14.4. The summed E-state index contributed by atoms with van der Waals surface area (Å²) in [4.78, 5) is 42.4. The van der Waals surface area contributed by atoms with E-state index < -0.39 is 23.8 Å². The summed E-state index contributed by atoms with van der Waals surface area (Å²) in [5, 5.41) is 5.83. The average molecular weight is 542 g/mol. The minimum atomic E-state index is -0.871. The van der Waals surface area contributed by atoms with E-state index in [1.165, 1.54) is 0 Å². The van der Waals surface area contributed by atoms with E-state index in [9.17, 15) is 14.4 Å². The van der Waals surface area contributed by atoms with Gasteiger partial charge in [0.2, 0.25) is 11.8 Å². The summed E-state index contributed by atoms with van der Waals surface area (Å²) in [6.07, 6.45) is 1.71. The van der Waals surface area contributed by atoms with E-state index in [0.29, 0.717) is 18.7 Å². The van der Waals surface area contributed by atoms with Crippen LogP contribution in [0.2, 0.25) is 0 Å². The molecule has 2 unspecified atom stereocenters. The molecule has 2 rings (SSSR count). The standard InChI is InChI=1S/C30H43N3O4S/c1-20(2)33(28(35)24(17-18-38-8)32-29(36)37-30(5,6)7)26(25-21(3)13-12-14-22(25)4)27(34)31-19-23-15-10-9-11-16-23/h9-16,20,24,26H,17-19H2,1-8H3,(H,31,34)(H,32,36). The highest BCUT2D eigenvalue weighted by atomic mass is 32.2. The Hall–Kier alpha value is -3.00. The molecule has 2 atom stereocenters. The third-order valence-electron chi connectivity index (χ3n) is 6.06. The van der Waals surface area contributed by atoms with Crippen LogP contribution >= 0.6 is 11.8 Å². The highest BCUT2D eigenvalue weighted by molar-refractivity contribution is 7.98. The Balaban J connectivity index is 2.50. The molecule has 208 valence electrons. The number of rotatable bonds is 11. The molecule has 0 saturated carbocycles. The van der Waals surface area contributed by atoms with Crippen molar-refractivity contribution >= 4 is 29.7 Å². The smallest absolute Gasteiger partial charge is 0.408 e. The van der Waals surface area contributed by atoms with Crippen LogP contribution in [-0.4, -0.2) is 52.5 Å². The van der Waals surface area contributed by atoms with E-state index in [1.54, 1.807) is 37.4 Å². The van der Waals surface area contributed by atoms with Crippen molar-refractivity contribution in [2.24, 2.45) is 0 Å². The van der Waals surface area contributed by atoms with Gasteiger partial charge in [-0.15, -0.1) is 0 Å². The first-order valence-electron chi connectivity index (χ1n) is 13.0. The monoisotopic (exact) mass is 541 g/mol. The Morgan fingerprint density at radius 3 is 2.11 bits per heavy atom. The molecule has 0 aliphatic heterocycles. The maximum Gasteiger partial charge on any atom is 0.408 e. The maximum atomic E-state index is 14.2. The molecule has 7 nitrogen and oxygen atoms in total. The summed E-state index contributed by atoms with van der Waals surface area (Å²) in [6, 6.07) is 13.5. The van der Waals surface area contributed by atoms with Crippen LogP contribution in [0.5, 0.6) is 0 Å². The van der Waals surface area contributed by atoms with Crippen LogP contribution in [-0.2, 0) is 20.9 Å². The molecule has 0 aliphatic rings. The van der Waals surface area contributed by atoms with E-state index in [4.69, 9.17) is 4.74 Å². The lowest BCUT2D eigenvalue weighted by molar-refractivity contribution is -0.144. The van der Waals surface area contributed by atoms with Crippen LogP contribution in [0.15, 0.2) is 48.5 Å². The number of hydrogen-bond acceptors (Lipinski definition) is 5. The van der Waals surface area contributed by atoms with Crippen molar-refractivity contribution in [1.82, 2.24) is 15.5 Å². The van der Waals surface area contributed by atoms with Crippen LogP contribution in [0.1, 0.15) is 69.3 Å². The van der Waals surface area contributed by atoms with Crippen LogP contribution in [0.3, 0.4) is 0 Å². The van der Waals surface area contributed by atoms with Gasteiger partial charge >= 0.3 is 6.09 Å². The van der Waals surface area contributed by atoms with E-state index in [1.807, 2.05) is 82.5 Å². The highest BCUT2D eigenvalue weighted by Crippen LogP contribution is 2.30. The molecule has 0 radical (unpaired) electrons. The third-order valence-corrected chi connectivity index (χ3v) is 6.71. The zero-order valence-corrected chi connectivity index (χ0v) is 24.8. The Morgan fingerprint density at radius 2 is 1.58 bits per heavy atom. The molecular weight excluding hydrogens is 498 g/mol. The Kier molecular flexibility index (Phi) is 11.7. The highest BCUT2D eigenvalue weighted by Gasteiger charge is 2.38. The number of nitrogens with zero attached hydrogens (tertiary/aromatic N) is 1. The predicted octanol–water partition coefficient (Wildman–Crippen LogP) is 5.54. The molecule has 2 aromatic rings. The molecule has 0 spiro atoms. The Bertz CT molecular complexity index is 1060. The van der Waals surface area contributed by atoms with Crippen molar-refractivity contribution < 1.29 is 19.1 Å². The molecule has 2 aromatic carbocycles. The molecule has 0 aliphatic carbocycles. The number of nitrogens with one attached hydrogen (secondary N) is 2. The van der Waals surface area contributed by atoms with Crippen molar-refractivity contribution in [2.75, 3.05) is 12.0 Å².